The first-order valence-electron chi connectivity index (χ1n) is 9.66. The van der Waals surface area contributed by atoms with E-state index in [1.807, 2.05) is 0 Å². The Balaban J connectivity index is 1.63. The van der Waals surface area contributed by atoms with Crippen LogP contribution in [0.25, 0.3) is 11.3 Å². The fourth-order valence-corrected chi connectivity index (χ4v) is 3.59. The first kappa shape index (κ1) is 24.6. The minimum Gasteiger partial charge on any atom is -0.496 e. The molecule has 0 aliphatic rings. The summed E-state index contributed by atoms with van der Waals surface area (Å²) < 4.78 is 39.6. The van der Waals surface area contributed by atoms with Gasteiger partial charge in [0.05, 0.1) is 19.9 Å². The molecule has 0 unspecified atom stereocenters. The molecule has 0 bridgehead atoms. The average Bonchev–Trinajstić information content (AvgIpc) is 3.29. The average molecular weight is 491 g/mol. The van der Waals surface area contributed by atoms with Crippen LogP contribution in [0, 0.1) is 0 Å². The Bertz CT molecular complexity index is 1200. The van der Waals surface area contributed by atoms with Gasteiger partial charge in [0.2, 0.25) is 0 Å². The van der Waals surface area contributed by atoms with Gasteiger partial charge in [0.25, 0.3) is 0 Å². The maximum absolute atomic E-state index is 12.6. The van der Waals surface area contributed by atoms with Crippen LogP contribution in [0.4, 0.5) is 13.9 Å². The molecule has 2 aromatic carbocycles. The lowest BCUT2D eigenvalue weighted by molar-refractivity contribution is -0.136. The van der Waals surface area contributed by atoms with Gasteiger partial charge < -0.3 is 19.5 Å². The molecule has 0 fully saturated rings. The number of rotatable bonds is 8. The molecule has 0 aliphatic heterocycles. The van der Waals surface area contributed by atoms with Crippen LogP contribution in [-0.4, -0.2) is 43.6 Å². The topological polar surface area (TPSA) is 116 Å². The molecule has 1 heterocycles. The van der Waals surface area contributed by atoms with E-state index in [0.717, 1.165) is 11.3 Å². The van der Waals surface area contributed by atoms with E-state index in [4.69, 9.17) is 9.47 Å². The van der Waals surface area contributed by atoms with Gasteiger partial charge in [-0.1, -0.05) is 18.2 Å². The van der Waals surface area contributed by atoms with Gasteiger partial charge in [-0.15, -0.1) is 11.3 Å². The molecule has 3 aromatic rings. The van der Waals surface area contributed by atoms with Crippen molar-refractivity contribution in [1.82, 2.24) is 10.3 Å². The summed E-state index contributed by atoms with van der Waals surface area (Å²) in [4.78, 5) is 40.5. The molecule has 0 aliphatic carbocycles. The molecule has 178 valence electrons. The second-order valence-electron chi connectivity index (χ2n) is 6.58. The predicted molar refractivity (Wildman–Crippen MR) is 119 cm³/mol. The summed E-state index contributed by atoms with van der Waals surface area (Å²) in [6, 6.07) is 10.7. The fourth-order valence-electron chi connectivity index (χ4n) is 2.88. The highest BCUT2D eigenvalue weighted by molar-refractivity contribution is 7.14. The second kappa shape index (κ2) is 11.2. The number of aromatic nitrogens is 1. The number of hydrogen-bond donors (Lipinski definition) is 2. The number of benzene rings is 2. The Morgan fingerprint density at radius 3 is 2.53 bits per heavy atom. The number of carbonyl (C=O) groups excluding carboxylic acids is 3. The third-order valence-corrected chi connectivity index (χ3v) is 5.19. The van der Waals surface area contributed by atoms with Crippen molar-refractivity contribution in [3.8, 4) is 22.8 Å². The number of alkyl halides is 2. The summed E-state index contributed by atoms with van der Waals surface area (Å²) in [5.74, 6) is -2.28. The number of amides is 2. The fraction of sp³-hybridized carbons (Fsp3) is 0.182. The van der Waals surface area contributed by atoms with Crippen molar-refractivity contribution >= 4 is 34.3 Å². The van der Waals surface area contributed by atoms with Crippen molar-refractivity contribution in [3.05, 3.63) is 59.0 Å². The Morgan fingerprint density at radius 2 is 1.82 bits per heavy atom. The molecule has 0 saturated carbocycles. The highest BCUT2D eigenvalue weighted by atomic mass is 32.1. The number of halogens is 2. The second-order valence-corrected chi connectivity index (χ2v) is 7.43. The van der Waals surface area contributed by atoms with Crippen molar-refractivity contribution in [2.75, 3.05) is 19.5 Å². The van der Waals surface area contributed by atoms with Gasteiger partial charge >= 0.3 is 24.4 Å². The Hall–Kier alpha value is -4.06. The highest BCUT2D eigenvalue weighted by Crippen LogP contribution is 2.33. The summed E-state index contributed by atoms with van der Waals surface area (Å²) >= 11 is 1.01. The van der Waals surface area contributed by atoms with Crippen LogP contribution in [0.3, 0.4) is 0 Å². The number of para-hydroxylation sites is 1. The zero-order chi connectivity index (χ0) is 24.7. The van der Waals surface area contributed by atoms with Crippen molar-refractivity contribution < 1.29 is 37.4 Å². The number of nitrogens with zero attached hydrogens (tertiary/aromatic N) is 1. The van der Waals surface area contributed by atoms with E-state index in [1.54, 1.807) is 24.3 Å². The smallest absolute Gasteiger partial charge is 0.387 e. The van der Waals surface area contributed by atoms with Gasteiger partial charge in [0.15, 0.2) is 5.13 Å². The first-order valence-corrected chi connectivity index (χ1v) is 10.5. The maximum Gasteiger partial charge on any atom is 0.387 e. The van der Waals surface area contributed by atoms with Crippen molar-refractivity contribution in [1.29, 1.82) is 0 Å². The van der Waals surface area contributed by atoms with Gasteiger partial charge in [-0.05, 0) is 29.8 Å². The summed E-state index contributed by atoms with van der Waals surface area (Å²) in [5, 5.41) is 6.43. The largest absolute Gasteiger partial charge is 0.496 e. The predicted octanol–water partition coefficient (Wildman–Crippen LogP) is 3.46. The molecule has 0 atom stereocenters. The molecule has 34 heavy (non-hydrogen) atoms. The zero-order valence-corrected chi connectivity index (χ0v) is 18.8. The minimum absolute atomic E-state index is 0.0400. The van der Waals surface area contributed by atoms with Gasteiger partial charge in [-0.2, -0.15) is 8.78 Å². The molecule has 9 nitrogen and oxygen atoms in total. The minimum atomic E-state index is -3.00. The van der Waals surface area contributed by atoms with Crippen LogP contribution in [0.15, 0.2) is 47.8 Å². The first-order chi connectivity index (χ1) is 16.3. The van der Waals surface area contributed by atoms with E-state index >= 15 is 0 Å². The van der Waals surface area contributed by atoms with Gasteiger partial charge in [-0.3, -0.25) is 14.9 Å². The molecule has 0 saturated heterocycles. The monoisotopic (exact) mass is 491 g/mol. The van der Waals surface area contributed by atoms with E-state index in [1.165, 1.54) is 37.8 Å². The number of nitrogens with one attached hydrogen (secondary N) is 2. The summed E-state index contributed by atoms with van der Waals surface area (Å²) in [7, 11) is 2.64. The molecule has 0 radical (unpaired) electrons. The third-order valence-electron chi connectivity index (χ3n) is 4.43. The molecular formula is C22H19F2N3O6S. The van der Waals surface area contributed by atoms with Crippen LogP contribution >= 0.6 is 11.3 Å². The number of ether oxygens (including phenoxy) is 3. The van der Waals surface area contributed by atoms with Crippen LogP contribution in [0.5, 0.6) is 11.5 Å². The van der Waals surface area contributed by atoms with Crippen LogP contribution in [0.1, 0.15) is 15.9 Å². The van der Waals surface area contributed by atoms with E-state index in [0.29, 0.717) is 22.6 Å². The Labute approximate surface area is 196 Å². The molecule has 1 aromatic heterocycles. The number of anilines is 1. The Morgan fingerprint density at radius 1 is 1.06 bits per heavy atom. The summed E-state index contributed by atoms with van der Waals surface area (Å²) in [6.07, 6.45) is 0. The van der Waals surface area contributed by atoms with Gasteiger partial charge in [0, 0.05) is 17.5 Å². The van der Waals surface area contributed by atoms with Crippen LogP contribution in [-0.2, 0) is 20.9 Å². The van der Waals surface area contributed by atoms with Crippen LogP contribution in [0.2, 0.25) is 0 Å². The number of thiazole rings is 1. The molecule has 3 rings (SSSR count). The summed E-state index contributed by atoms with van der Waals surface area (Å²) in [6.45, 7) is -3.04. The number of hydrogen-bond acceptors (Lipinski definition) is 8. The van der Waals surface area contributed by atoms with Gasteiger partial charge in [0.1, 0.15) is 17.1 Å². The zero-order valence-electron chi connectivity index (χ0n) is 18.0. The SMILES string of the molecule is COC(=O)c1cc(CNC(=O)C(=O)Nc2nc(-c3ccccc3OC(F)F)cs2)ccc1OC. The number of esters is 1. The Kier molecular flexibility index (Phi) is 8.09. The van der Waals surface area contributed by atoms with E-state index in [2.05, 4.69) is 20.4 Å². The molecule has 2 amide bonds. The van der Waals surface area contributed by atoms with E-state index in [-0.39, 0.29) is 23.0 Å². The lowest BCUT2D eigenvalue weighted by atomic mass is 10.1. The molecule has 12 heteroatoms. The van der Waals surface area contributed by atoms with Crippen molar-refractivity contribution in [2.45, 2.75) is 13.2 Å². The third kappa shape index (κ3) is 6.04. The van der Waals surface area contributed by atoms with E-state index < -0.39 is 24.4 Å². The number of methoxy groups -OCH3 is 2. The molecular weight excluding hydrogens is 472 g/mol. The van der Waals surface area contributed by atoms with Crippen molar-refractivity contribution in [2.24, 2.45) is 0 Å². The molecule has 2 N–H and O–H groups in total. The van der Waals surface area contributed by atoms with Gasteiger partial charge in [-0.25, -0.2) is 9.78 Å². The highest BCUT2D eigenvalue weighted by Gasteiger charge is 2.19. The number of carbonyl (C=O) groups is 3. The lowest BCUT2D eigenvalue weighted by Gasteiger charge is -2.10. The van der Waals surface area contributed by atoms with E-state index in [9.17, 15) is 23.2 Å². The van der Waals surface area contributed by atoms with Crippen molar-refractivity contribution in [3.63, 3.8) is 0 Å². The standard InChI is InChI=1S/C22H19F2N3O6S/c1-31-16-8-7-12(9-14(16)20(30)32-2)10-25-18(28)19(29)27-22-26-15(11-34-22)13-5-3-4-6-17(13)33-21(23)24/h3-9,11,21H,10H2,1-2H3,(H,25,28)(H,26,27,29). The quantitative estimate of drug-likeness (QED) is 0.366. The lowest BCUT2D eigenvalue weighted by Crippen LogP contribution is -2.35. The normalized spacial score (nSPS) is 10.5. The van der Waals surface area contributed by atoms with Crippen LogP contribution < -0.4 is 20.1 Å². The summed E-state index contributed by atoms with van der Waals surface area (Å²) in [5.41, 5.74) is 1.32. The molecule has 0 spiro atoms. The maximum atomic E-state index is 12.6.